The Morgan fingerprint density at radius 3 is 2.71 bits per heavy atom. The van der Waals surface area contributed by atoms with Gasteiger partial charge in [0.1, 0.15) is 4.67 Å². The minimum atomic E-state index is 0.972. The lowest BCUT2D eigenvalue weighted by atomic mass is 10.2. The van der Waals surface area contributed by atoms with Crippen molar-refractivity contribution in [2.45, 2.75) is 34.1 Å². The van der Waals surface area contributed by atoms with E-state index in [9.17, 15) is 0 Å². The highest BCUT2D eigenvalue weighted by Gasteiger charge is 1.98. The quantitative estimate of drug-likeness (QED) is 0.641. The van der Waals surface area contributed by atoms with Crippen LogP contribution in [-0.2, 0) is 0 Å². The average Bonchev–Trinajstić information content (AvgIpc) is 2.47. The molecule has 0 amide bonds. The van der Waals surface area contributed by atoms with Crippen LogP contribution in [0.15, 0.2) is 16.8 Å². The molecule has 0 saturated heterocycles. The van der Waals surface area contributed by atoms with Crippen LogP contribution in [0.3, 0.4) is 0 Å². The normalized spacial score (nSPS) is 13.6. The first-order valence-electron chi connectivity index (χ1n) is 4.93. The molecule has 0 spiro atoms. The number of allylic oxidation sites excluding steroid dienone is 1. The van der Waals surface area contributed by atoms with Gasteiger partial charge in [-0.1, -0.05) is 36.8 Å². The number of aryl methyl sites for hydroxylation is 1. The second-order valence-electron chi connectivity index (χ2n) is 2.94. The van der Waals surface area contributed by atoms with Gasteiger partial charge in [0.25, 0.3) is 0 Å². The molecular formula is C11H16N2S. The number of fused-ring (bicyclic) bond motifs is 1. The molecule has 0 bridgehead atoms. The van der Waals surface area contributed by atoms with Crippen LogP contribution in [0.25, 0.3) is 6.08 Å². The number of nitrogens with zero attached hydrogens (tertiary/aromatic N) is 2. The summed E-state index contributed by atoms with van der Waals surface area (Å²) in [6.07, 6.45) is 5.04. The van der Waals surface area contributed by atoms with Gasteiger partial charge in [-0.25, -0.2) is 9.98 Å². The van der Waals surface area contributed by atoms with Crippen molar-refractivity contribution in [3.63, 3.8) is 0 Å². The Labute approximate surface area is 88.7 Å². The standard InChI is InChI=1S/C9H10N2S.C2H6/c1-6-3-4-8-9(10-5-6)12-7(2)11-8;1-2/h4-5H,3H2,1-2H3;1-2H3. The van der Waals surface area contributed by atoms with Crippen molar-refractivity contribution in [2.24, 2.45) is 4.99 Å². The molecule has 14 heavy (non-hydrogen) atoms. The molecule has 0 saturated carbocycles. The maximum Gasteiger partial charge on any atom is 0.143 e. The summed E-state index contributed by atoms with van der Waals surface area (Å²) in [4.78, 5) is 8.73. The summed E-state index contributed by atoms with van der Waals surface area (Å²) in [5, 5.41) is 2.14. The third-order valence-corrected chi connectivity index (χ3v) is 2.66. The van der Waals surface area contributed by atoms with Gasteiger partial charge in [-0.2, -0.15) is 0 Å². The fourth-order valence-corrected chi connectivity index (χ4v) is 1.90. The summed E-state index contributed by atoms with van der Waals surface area (Å²) in [6.45, 7) is 8.10. The smallest absolute Gasteiger partial charge is 0.143 e. The zero-order valence-electron chi connectivity index (χ0n) is 9.16. The van der Waals surface area contributed by atoms with Gasteiger partial charge in [0.05, 0.1) is 10.4 Å². The van der Waals surface area contributed by atoms with Gasteiger partial charge in [-0.15, -0.1) is 0 Å². The van der Waals surface area contributed by atoms with Crippen LogP contribution in [0, 0.1) is 6.92 Å². The van der Waals surface area contributed by atoms with E-state index >= 15 is 0 Å². The molecule has 1 aliphatic heterocycles. The van der Waals surface area contributed by atoms with E-state index in [1.54, 1.807) is 11.3 Å². The summed E-state index contributed by atoms with van der Waals surface area (Å²) in [5.74, 6) is 0. The molecule has 1 aliphatic rings. The van der Waals surface area contributed by atoms with Crippen molar-refractivity contribution in [3.8, 4) is 0 Å². The average molecular weight is 208 g/mol. The number of hydrogen-bond donors (Lipinski definition) is 0. The highest BCUT2D eigenvalue weighted by atomic mass is 32.1. The molecule has 0 aromatic carbocycles. The number of hydrogen-bond acceptors (Lipinski definition) is 3. The van der Waals surface area contributed by atoms with Crippen molar-refractivity contribution in [1.82, 2.24) is 4.98 Å². The van der Waals surface area contributed by atoms with Gasteiger partial charge in [0.2, 0.25) is 0 Å². The van der Waals surface area contributed by atoms with E-state index in [1.165, 1.54) is 5.57 Å². The van der Waals surface area contributed by atoms with E-state index < -0.39 is 0 Å². The van der Waals surface area contributed by atoms with Gasteiger partial charge in [0.15, 0.2) is 0 Å². The van der Waals surface area contributed by atoms with Crippen molar-refractivity contribution in [2.75, 3.05) is 0 Å². The Morgan fingerprint density at radius 1 is 1.29 bits per heavy atom. The van der Waals surface area contributed by atoms with E-state index in [0.717, 1.165) is 21.4 Å². The summed E-state index contributed by atoms with van der Waals surface area (Å²) < 4.78 is 1.05. The Bertz CT molecular complexity index is 440. The number of rotatable bonds is 0. The largest absolute Gasteiger partial charge is 0.244 e. The third-order valence-electron chi connectivity index (χ3n) is 1.76. The van der Waals surface area contributed by atoms with Gasteiger partial charge in [-0.3, -0.25) is 0 Å². The molecule has 2 nitrogen and oxygen atoms in total. The second-order valence-corrected chi connectivity index (χ2v) is 4.12. The molecule has 0 aliphatic carbocycles. The molecule has 3 heteroatoms. The molecule has 0 N–H and O–H groups in total. The van der Waals surface area contributed by atoms with Crippen molar-refractivity contribution in [1.29, 1.82) is 0 Å². The summed E-state index contributed by atoms with van der Waals surface area (Å²) in [5.41, 5.74) is 1.29. The molecule has 1 aromatic heterocycles. The molecule has 0 unspecified atom stereocenters. The second kappa shape index (κ2) is 5.05. The molecule has 2 rings (SSSR count). The van der Waals surface area contributed by atoms with Crippen LogP contribution >= 0.6 is 11.3 Å². The van der Waals surface area contributed by atoms with Gasteiger partial charge >= 0.3 is 0 Å². The Hall–Kier alpha value is -0.960. The minimum Gasteiger partial charge on any atom is -0.244 e. The predicted octanol–water partition coefficient (Wildman–Crippen LogP) is 2.19. The van der Waals surface area contributed by atoms with Gasteiger partial charge in [-0.05, 0) is 20.3 Å². The highest BCUT2D eigenvalue weighted by molar-refractivity contribution is 7.09. The Kier molecular flexibility index (Phi) is 4.01. The fourth-order valence-electron chi connectivity index (χ4n) is 1.14. The van der Waals surface area contributed by atoms with Gasteiger partial charge < -0.3 is 0 Å². The van der Waals surface area contributed by atoms with Gasteiger partial charge in [0, 0.05) is 6.20 Å². The van der Waals surface area contributed by atoms with Crippen LogP contribution in [0.4, 0.5) is 0 Å². The van der Waals surface area contributed by atoms with E-state index in [4.69, 9.17) is 0 Å². The van der Waals surface area contributed by atoms with E-state index in [2.05, 4.69) is 23.0 Å². The number of aromatic nitrogens is 1. The maximum absolute atomic E-state index is 4.38. The van der Waals surface area contributed by atoms with Crippen molar-refractivity contribution >= 4 is 17.4 Å². The third kappa shape index (κ3) is 2.51. The highest BCUT2D eigenvalue weighted by Crippen LogP contribution is 2.02. The molecule has 0 fully saturated rings. The molecule has 0 radical (unpaired) electrons. The van der Waals surface area contributed by atoms with Crippen LogP contribution in [0.5, 0.6) is 0 Å². The lowest BCUT2D eigenvalue weighted by Gasteiger charge is -1.86. The minimum absolute atomic E-state index is 0.972. The van der Waals surface area contributed by atoms with Crippen molar-refractivity contribution in [3.05, 3.63) is 26.8 Å². The molecule has 76 valence electrons. The molecule has 2 heterocycles. The Balaban J connectivity index is 0.000000461. The Morgan fingerprint density at radius 2 is 2.00 bits per heavy atom. The number of thiazole rings is 1. The van der Waals surface area contributed by atoms with Crippen LogP contribution in [0.1, 0.15) is 32.2 Å². The lowest BCUT2D eigenvalue weighted by Crippen LogP contribution is -2.19. The molecule has 0 atom stereocenters. The summed E-state index contributed by atoms with van der Waals surface area (Å²) in [6, 6.07) is 0. The predicted molar refractivity (Wildman–Crippen MR) is 61.8 cm³/mol. The van der Waals surface area contributed by atoms with E-state index in [0.29, 0.717) is 0 Å². The first-order chi connectivity index (χ1) is 6.75. The maximum atomic E-state index is 4.38. The van der Waals surface area contributed by atoms with Crippen LogP contribution in [-0.4, -0.2) is 4.98 Å². The zero-order valence-corrected chi connectivity index (χ0v) is 9.98. The summed E-state index contributed by atoms with van der Waals surface area (Å²) in [7, 11) is 0. The topological polar surface area (TPSA) is 25.2 Å². The first-order valence-corrected chi connectivity index (χ1v) is 5.74. The SMILES string of the molecule is CC.CC1=CN=c2sc(C)nc2=CC1. The zero-order chi connectivity index (χ0) is 10.6. The molecular weight excluding hydrogens is 192 g/mol. The van der Waals surface area contributed by atoms with Crippen molar-refractivity contribution < 1.29 is 0 Å². The van der Waals surface area contributed by atoms with E-state index in [-0.39, 0.29) is 0 Å². The monoisotopic (exact) mass is 208 g/mol. The lowest BCUT2D eigenvalue weighted by molar-refractivity contribution is 1.20. The molecule has 1 aromatic rings. The summed E-state index contributed by atoms with van der Waals surface area (Å²) >= 11 is 1.65. The van der Waals surface area contributed by atoms with E-state index in [1.807, 2.05) is 27.0 Å². The fraction of sp³-hybridized carbons (Fsp3) is 0.455. The van der Waals surface area contributed by atoms with Crippen LogP contribution in [0.2, 0.25) is 0 Å². The first kappa shape index (κ1) is 11.1. The van der Waals surface area contributed by atoms with Crippen LogP contribution < -0.4 is 10.0 Å².